The molecule has 3 rings (SSSR count). The normalized spacial score (nSPS) is 18.3. The Kier molecular flexibility index (Phi) is 5.42. The van der Waals surface area contributed by atoms with Crippen molar-refractivity contribution in [3.63, 3.8) is 0 Å². The van der Waals surface area contributed by atoms with Crippen LogP contribution in [0.3, 0.4) is 0 Å². The molecule has 2 aromatic carbocycles. The second kappa shape index (κ2) is 7.93. The van der Waals surface area contributed by atoms with Gasteiger partial charge >= 0.3 is 0 Å². The fourth-order valence-electron chi connectivity index (χ4n) is 3.35. The standard InChI is InChI=1S/C23H21N3O2/c1-4-17-11-8-12-18(15-24)19(17)14-21-23(28)25(2)20(22(27)26(21)3)13-16-9-6-5-7-10-16/h4-12,14,20H,1,13H2,2-3H3. The Hall–Kier alpha value is -3.65. The molecule has 1 heterocycles. The number of rotatable bonds is 4. The second-order valence-electron chi connectivity index (χ2n) is 6.67. The van der Waals surface area contributed by atoms with Crippen LogP contribution in [0.4, 0.5) is 0 Å². The molecule has 1 aliphatic rings. The van der Waals surface area contributed by atoms with Crippen molar-refractivity contribution in [2.45, 2.75) is 12.5 Å². The smallest absolute Gasteiger partial charge is 0.271 e. The van der Waals surface area contributed by atoms with Crippen LogP contribution >= 0.6 is 0 Å². The first-order chi connectivity index (χ1) is 13.5. The molecule has 0 radical (unpaired) electrons. The predicted octanol–water partition coefficient (Wildman–Crippen LogP) is 3.08. The summed E-state index contributed by atoms with van der Waals surface area (Å²) in [5.74, 6) is -0.419. The van der Waals surface area contributed by atoms with Crippen molar-refractivity contribution in [2.24, 2.45) is 0 Å². The van der Waals surface area contributed by atoms with Gasteiger partial charge in [-0.3, -0.25) is 9.59 Å². The van der Waals surface area contributed by atoms with E-state index in [1.165, 1.54) is 9.80 Å². The monoisotopic (exact) mass is 371 g/mol. The quantitative estimate of drug-likeness (QED) is 0.776. The van der Waals surface area contributed by atoms with E-state index in [-0.39, 0.29) is 17.5 Å². The molecule has 0 spiro atoms. The molecule has 0 aliphatic carbocycles. The van der Waals surface area contributed by atoms with Crippen LogP contribution in [0.2, 0.25) is 0 Å². The van der Waals surface area contributed by atoms with Crippen molar-refractivity contribution in [1.82, 2.24) is 9.80 Å². The first kappa shape index (κ1) is 19.1. The second-order valence-corrected chi connectivity index (χ2v) is 6.67. The molecular formula is C23H21N3O2. The minimum absolute atomic E-state index is 0.160. The molecule has 1 saturated heterocycles. The van der Waals surface area contributed by atoms with E-state index < -0.39 is 6.04 Å². The number of nitriles is 1. The van der Waals surface area contributed by atoms with Crippen LogP contribution in [-0.2, 0) is 16.0 Å². The van der Waals surface area contributed by atoms with Gasteiger partial charge in [-0.2, -0.15) is 5.26 Å². The Bertz CT molecular complexity index is 1000. The SMILES string of the molecule is C=Cc1cccc(C#N)c1C=C1C(=O)N(C)C(Cc2ccccc2)C(=O)N1C. The Morgan fingerprint density at radius 1 is 1.11 bits per heavy atom. The summed E-state index contributed by atoms with van der Waals surface area (Å²) in [6.07, 6.45) is 3.68. The van der Waals surface area contributed by atoms with E-state index >= 15 is 0 Å². The Morgan fingerprint density at radius 3 is 2.46 bits per heavy atom. The Labute approximate surface area is 164 Å². The summed E-state index contributed by atoms with van der Waals surface area (Å²) in [4.78, 5) is 28.9. The van der Waals surface area contributed by atoms with Crippen molar-refractivity contribution in [3.05, 3.63) is 83.1 Å². The molecule has 1 aliphatic heterocycles. The van der Waals surface area contributed by atoms with E-state index in [1.54, 1.807) is 38.4 Å². The summed E-state index contributed by atoms with van der Waals surface area (Å²) in [7, 11) is 3.24. The van der Waals surface area contributed by atoms with Gasteiger partial charge in [-0.05, 0) is 23.3 Å². The van der Waals surface area contributed by atoms with Crippen LogP contribution in [0.25, 0.3) is 12.2 Å². The molecule has 5 heteroatoms. The first-order valence-electron chi connectivity index (χ1n) is 8.93. The summed E-state index contributed by atoms with van der Waals surface area (Å²) >= 11 is 0. The minimum Gasteiger partial charge on any atom is -0.328 e. The molecular weight excluding hydrogens is 350 g/mol. The van der Waals surface area contributed by atoms with Gasteiger partial charge in [0.05, 0.1) is 11.6 Å². The number of hydrogen-bond acceptors (Lipinski definition) is 3. The van der Waals surface area contributed by atoms with Gasteiger partial charge in [-0.1, -0.05) is 55.1 Å². The van der Waals surface area contributed by atoms with Crippen LogP contribution in [0, 0.1) is 11.3 Å². The molecule has 2 amide bonds. The number of carbonyl (C=O) groups excluding carboxylic acids is 2. The maximum atomic E-state index is 13.0. The highest BCUT2D eigenvalue weighted by Crippen LogP contribution is 2.26. The van der Waals surface area contributed by atoms with Gasteiger partial charge in [-0.25, -0.2) is 0 Å². The Balaban J connectivity index is 1.99. The number of nitrogens with zero attached hydrogens (tertiary/aromatic N) is 3. The van der Waals surface area contributed by atoms with Crippen LogP contribution in [0.1, 0.15) is 22.3 Å². The molecule has 0 N–H and O–H groups in total. The molecule has 2 aromatic rings. The third-order valence-corrected chi connectivity index (χ3v) is 5.02. The van der Waals surface area contributed by atoms with E-state index in [2.05, 4.69) is 12.6 Å². The number of likely N-dealkylation sites (N-methyl/N-ethyl adjacent to an activating group) is 2. The van der Waals surface area contributed by atoms with E-state index in [1.807, 2.05) is 36.4 Å². The number of hydrogen-bond donors (Lipinski definition) is 0. The maximum Gasteiger partial charge on any atom is 0.271 e. The lowest BCUT2D eigenvalue weighted by Crippen LogP contribution is -2.56. The van der Waals surface area contributed by atoms with Gasteiger partial charge in [0, 0.05) is 26.1 Å². The highest BCUT2D eigenvalue weighted by molar-refractivity contribution is 6.07. The third-order valence-electron chi connectivity index (χ3n) is 5.02. The lowest BCUT2D eigenvalue weighted by atomic mass is 9.97. The van der Waals surface area contributed by atoms with Gasteiger partial charge < -0.3 is 9.80 Å². The van der Waals surface area contributed by atoms with E-state index in [9.17, 15) is 14.9 Å². The number of benzene rings is 2. The van der Waals surface area contributed by atoms with Crippen molar-refractivity contribution in [2.75, 3.05) is 14.1 Å². The van der Waals surface area contributed by atoms with Crippen molar-refractivity contribution in [3.8, 4) is 6.07 Å². The molecule has 0 bridgehead atoms. The van der Waals surface area contributed by atoms with Crippen molar-refractivity contribution < 1.29 is 9.59 Å². The van der Waals surface area contributed by atoms with E-state index in [0.717, 1.165) is 11.1 Å². The molecule has 0 aromatic heterocycles. The highest BCUT2D eigenvalue weighted by atomic mass is 16.2. The molecule has 28 heavy (non-hydrogen) atoms. The summed E-state index contributed by atoms with van der Waals surface area (Å²) < 4.78 is 0. The molecule has 1 fully saturated rings. The summed E-state index contributed by atoms with van der Waals surface area (Å²) in [5.41, 5.74) is 2.97. The summed E-state index contributed by atoms with van der Waals surface area (Å²) in [5, 5.41) is 9.42. The van der Waals surface area contributed by atoms with Gasteiger partial charge in [0.15, 0.2) is 0 Å². The fourth-order valence-corrected chi connectivity index (χ4v) is 3.35. The largest absolute Gasteiger partial charge is 0.328 e. The fraction of sp³-hybridized carbons (Fsp3) is 0.174. The highest BCUT2D eigenvalue weighted by Gasteiger charge is 2.39. The molecule has 140 valence electrons. The van der Waals surface area contributed by atoms with Crippen LogP contribution < -0.4 is 0 Å². The molecule has 5 nitrogen and oxygen atoms in total. The zero-order chi connectivity index (χ0) is 20.3. The van der Waals surface area contributed by atoms with Crippen LogP contribution in [0.15, 0.2) is 60.8 Å². The summed E-state index contributed by atoms with van der Waals surface area (Å²) in [6.45, 7) is 3.77. The minimum atomic E-state index is -0.567. The number of carbonyl (C=O) groups is 2. The van der Waals surface area contributed by atoms with Crippen LogP contribution in [0.5, 0.6) is 0 Å². The third kappa shape index (κ3) is 3.45. The van der Waals surface area contributed by atoms with E-state index in [0.29, 0.717) is 17.5 Å². The molecule has 1 unspecified atom stereocenters. The lowest BCUT2D eigenvalue weighted by Gasteiger charge is -2.38. The predicted molar refractivity (Wildman–Crippen MR) is 109 cm³/mol. The van der Waals surface area contributed by atoms with Crippen molar-refractivity contribution in [1.29, 1.82) is 5.26 Å². The Morgan fingerprint density at radius 2 is 1.82 bits per heavy atom. The topological polar surface area (TPSA) is 64.4 Å². The summed E-state index contributed by atoms with van der Waals surface area (Å²) in [6, 6.07) is 16.4. The zero-order valence-corrected chi connectivity index (χ0v) is 15.9. The van der Waals surface area contributed by atoms with Gasteiger partial charge in [0.1, 0.15) is 11.7 Å². The molecule has 1 atom stereocenters. The van der Waals surface area contributed by atoms with Crippen molar-refractivity contribution >= 4 is 24.0 Å². The first-order valence-corrected chi connectivity index (χ1v) is 8.93. The lowest BCUT2D eigenvalue weighted by molar-refractivity contribution is -0.148. The maximum absolute atomic E-state index is 13.0. The van der Waals surface area contributed by atoms with Gasteiger partial charge in [0.25, 0.3) is 5.91 Å². The average Bonchev–Trinajstić information content (AvgIpc) is 2.73. The van der Waals surface area contributed by atoms with E-state index in [4.69, 9.17) is 0 Å². The average molecular weight is 371 g/mol. The van der Waals surface area contributed by atoms with Gasteiger partial charge in [-0.15, -0.1) is 0 Å². The zero-order valence-electron chi connectivity index (χ0n) is 15.9. The number of amides is 2. The molecule has 0 saturated carbocycles. The van der Waals surface area contributed by atoms with Gasteiger partial charge in [0.2, 0.25) is 5.91 Å². The van der Waals surface area contributed by atoms with Crippen LogP contribution in [-0.4, -0.2) is 41.8 Å². The number of piperazine rings is 1.